The summed E-state index contributed by atoms with van der Waals surface area (Å²) in [5.41, 5.74) is 1.17. The van der Waals surface area contributed by atoms with Gasteiger partial charge in [0.05, 0.1) is 28.0 Å². The lowest BCUT2D eigenvalue weighted by atomic mass is 9.83. The molecular formula is C24H26ClN5O3S. The first kappa shape index (κ1) is 23.2. The van der Waals surface area contributed by atoms with E-state index in [1.807, 2.05) is 4.90 Å². The Morgan fingerprint density at radius 3 is 2.85 bits per heavy atom. The van der Waals surface area contributed by atoms with Gasteiger partial charge in [-0.05, 0) is 31.2 Å². The first-order valence-electron chi connectivity index (χ1n) is 11.7. The average Bonchev–Trinajstić information content (AvgIpc) is 3.61. The molecule has 2 aromatic heterocycles. The number of alkyl halides is 1. The summed E-state index contributed by atoms with van der Waals surface area (Å²) in [7, 11) is 0. The number of carbonyl (C=O) groups is 2. The molecule has 178 valence electrons. The summed E-state index contributed by atoms with van der Waals surface area (Å²) in [6.45, 7) is 1.05. The summed E-state index contributed by atoms with van der Waals surface area (Å²) in [5.74, 6) is -0.326. The maximum Gasteiger partial charge on any atom is 0.280 e. The Bertz CT molecular complexity index is 1110. The molecular weight excluding hydrogens is 474 g/mol. The highest BCUT2D eigenvalue weighted by atomic mass is 35.5. The van der Waals surface area contributed by atoms with Crippen LogP contribution in [0, 0.1) is 17.2 Å². The molecule has 1 aliphatic carbocycles. The third kappa shape index (κ3) is 4.54. The minimum Gasteiger partial charge on any atom is -0.374 e. The van der Waals surface area contributed by atoms with Crippen LogP contribution in [0.5, 0.6) is 0 Å². The Hall–Kier alpha value is -2.54. The molecule has 0 radical (unpaired) electrons. The topological polar surface area (TPSA) is 108 Å². The molecule has 10 heteroatoms. The van der Waals surface area contributed by atoms with Crippen LogP contribution in [0.3, 0.4) is 0 Å². The van der Waals surface area contributed by atoms with E-state index in [-0.39, 0.29) is 40.3 Å². The van der Waals surface area contributed by atoms with E-state index in [1.54, 1.807) is 18.5 Å². The molecule has 0 spiro atoms. The van der Waals surface area contributed by atoms with E-state index in [4.69, 9.17) is 21.6 Å². The first-order chi connectivity index (χ1) is 16.5. The van der Waals surface area contributed by atoms with Crippen LogP contribution in [-0.4, -0.2) is 63.4 Å². The van der Waals surface area contributed by atoms with Crippen molar-refractivity contribution in [3.8, 4) is 16.5 Å². The van der Waals surface area contributed by atoms with Crippen LogP contribution in [0.4, 0.5) is 0 Å². The van der Waals surface area contributed by atoms with Crippen LogP contribution < -0.4 is 5.32 Å². The average molecular weight is 500 g/mol. The summed E-state index contributed by atoms with van der Waals surface area (Å²) in [6.07, 6.45) is 10.5. The molecule has 5 rings (SSSR count). The number of aromatic nitrogens is 2. The minimum atomic E-state index is -0.605. The lowest BCUT2D eigenvalue weighted by Crippen LogP contribution is -2.54. The standard InChI is InChI=1S/C24H26ClN5O3S/c25-17-13-30(18-6-7-33-21(17)18)24(32)20(15-4-2-1-3-5-15)29-22(31)23-28-12-19(34-23)16-8-14(9-26)10-27-11-16/h8,10-12,15,17-18,20-21H,1-7,13H2,(H,29,31). The molecule has 2 amide bonds. The highest BCUT2D eigenvalue weighted by molar-refractivity contribution is 7.17. The maximum atomic E-state index is 13.7. The third-order valence-electron chi connectivity index (χ3n) is 7.04. The number of carbonyl (C=O) groups excluding carboxylic acids is 2. The number of hydrogen-bond donors (Lipinski definition) is 1. The number of ether oxygens (including phenoxy) is 1. The third-order valence-corrected chi connectivity index (χ3v) is 8.47. The molecule has 3 aliphatic rings. The molecule has 2 saturated heterocycles. The summed E-state index contributed by atoms with van der Waals surface area (Å²) in [4.78, 5) is 37.9. The van der Waals surface area contributed by atoms with Crippen molar-refractivity contribution in [1.82, 2.24) is 20.2 Å². The van der Waals surface area contributed by atoms with Crippen molar-refractivity contribution >= 4 is 34.8 Å². The number of hydrogen-bond acceptors (Lipinski definition) is 7. The number of nitriles is 1. The maximum absolute atomic E-state index is 13.7. The zero-order chi connectivity index (χ0) is 23.7. The van der Waals surface area contributed by atoms with Gasteiger partial charge in [-0.15, -0.1) is 22.9 Å². The van der Waals surface area contributed by atoms with Crippen molar-refractivity contribution in [2.75, 3.05) is 13.2 Å². The Morgan fingerprint density at radius 2 is 2.06 bits per heavy atom. The fraction of sp³-hybridized carbons (Fsp3) is 0.542. The number of pyridine rings is 1. The van der Waals surface area contributed by atoms with Gasteiger partial charge in [0.25, 0.3) is 5.91 Å². The lowest BCUT2D eigenvalue weighted by Gasteiger charge is -2.34. The molecule has 34 heavy (non-hydrogen) atoms. The summed E-state index contributed by atoms with van der Waals surface area (Å²) < 4.78 is 5.76. The van der Waals surface area contributed by atoms with Gasteiger partial charge in [-0.3, -0.25) is 14.6 Å². The number of halogens is 1. The zero-order valence-corrected chi connectivity index (χ0v) is 20.2. The lowest BCUT2D eigenvalue weighted by molar-refractivity contribution is -0.136. The van der Waals surface area contributed by atoms with E-state index in [0.717, 1.165) is 49.0 Å². The second-order valence-electron chi connectivity index (χ2n) is 9.15. The van der Waals surface area contributed by atoms with E-state index >= 15 is 0 Å². The van der Waals surface area contributed by atoms with Crippen LogP contribution in [0.15, 0.2) is 24.7 Å². The Kier molecular flexibility index (Phi) is 6.82. The normalized spacial score (nSPS) is 25.5. The quantitative estimate of drug-likeness (QED) is 0.632. The number of likely N-dealkylation sites (tertiary alicyclic amines) is 1. The van der Waals surface area contributed by atoms with Gasteiger partial charge >= 0.3 is 0 Å². The van der Waals surface area contributed by atoms with Gasteiger partial charge in [-0.25, -0.2) is 4.98 Å². The van der Waals surface area contributed by atoms with Gasteiger partial charge in [0, 0.05) is 37.3 Å². The highest BCUT2D eigenvalue weighted by Gasteiger charge is 2.49. The zero-order valence-electron chi connectivity index (χ0n) is 18.7. The number of thiazole rings is 1. The van der Waals surface area contributed by atoms with Crippen molar-refractivity contribution in [3.05, 3.63) is 35.2 Å². The Balaban J connectivity index is 1.35. The van der Waals surface area contributed by atoms with Gasteiger partial charge in [0.1, 0.15) is 12.1 Å². The van der Waals surface area contributed by atoms with Crippen molar-refractivity contribution in [2.24, 2.45) is 5.92 Å². The molecule has 2 aromatic rings. The summed E-state index contributed by atoms with van der Waals surface area (Å²) >= 11 is 7.71. The van der Waals surface area contributed by atoms with Gasteiger partial charge in [0.2, 0.25) is 5.91 Å². The van der Waals surface area contributed by atoms with Gasteiger partial charge in [-0.2, -0.15) is 5.26 Å². The fourth-order valence-electron chi connectivity index (χ4n) is 5.34. The molecule has 2 aliphatic heterocycles. The van der Waals surface area contributed by atoms with E-state index in [9.17, 15) is 9.59 Å². The van der Waals surface area contributed by atoms with Crippen molar-refractivity contribution in [2.45, 2.75) is 62.1 Å². The molecule has 0 bridgehead atoms. The molecule has 1 N–H and O–H groups in total. The monoisotopic (exact) mass is 499 g/mol. The van der Waals surface area contributed by atoms with Crippen LogP contribution in [-0.2, 0) is 9.53 Å². The Morgan fingerprint density at radius 1 is 1.24 bits per heavy atom. The molecule has 4 unspecified atom stereocenters. The number of nitrogens with one attached hydrogen (secondary N) is 1. The minimum absolute atomic E-state index is 0.0237. The van der Waals surface area contributed by atoms with Gasteiger partial charge in [0.15, 0.2) is 5.01 Å². The highest BCUT2D eigenvalue weighted by Crippen LogP contribution is 2.35. The van der Waals surface area contributed by atoms with Gasteiger partial charge < -0.3 is 15.0 Å². The molecule has 0 aromatic carbocycles. The number of fused-ring (bicyclic) bond motifs is 1. The Labute approximate surface area is 207 Å². The number of nitrogens with zero attached hydrogens (tertiary/aromatic N) is 4. The molecule has 1 saturated carbocycles. The smallest absolute Gasteiger partial charge is 0.280 e. The van der Waals surface area contributed by atoms with Crippen LogP contribution in [0.25, 0.3) is 10.4 Å². The largest absolute Gasteiger partial charge is 0.374 e. The van der Waals surface area contributed by atoms with Gasteiger partial charge in [-0.1, -0.05) is 19.3 Å². The molecule has 3 fully saturated rings. The number of amides is 2. The molecule has 4 heterocycles. The predicted molar refractivity (Wildman–Crippen MR) is 127 cm³/mol. The van der Waals surface area contributed by atoms with Crippen molar-refractivity contribution < 1.29 is 14.3 Å². The second kappa shape index (κ2) is 9.98. The number of rotatable bonds is 5. The fourth-order valence-corrected chi connectivity index (χ4v) is 6.53. The van der Waals surface area contributed by atoms with Crippen molar-refractivity contribution in [1.29, 1.82) is 5.26 Å². The summed E-state index contributed by atoms with van der Waals surface area (Å²) in [5, 5.41) is 12.2. The molecule has 8 nitrogen and oxygen atoms in total. The van der Waals surface area contributed by atoms with E-state index < -0.39 is 6.04 Å². The van der Waals surface area contributed by atoms with E-state index in [2.05, 4.69) is 21.4 Å². The van der Waals surface area contributed by atoms with Crippen LogP contribution >= 0.6 is 22.9 Å². The summed E-state index contributed by atoms with van der Waals surface area (Å²) in [6, 6.07) is 3.16. The van der Waals surface area contributed by atoms with Crippen LogP contribution in [0.1, 0.15) is 53.9 Å². The van der Waals surface area contributed by atoms with E-state index in [1.165, 1.54) is 17.5 Å². The van der Waals surface area contributed by atoms with E-state index in [0.29, 0.717) is 18.7 Å². The van der Waals surface area contributed by atoms with Crippen molar-refractivity contribution in [3.63, 3.8) is 0 Å². The van der Waals surface area contributed by atoms with Crippen LogP contribution in [0.2, 0.25) is 0 Å². The predicted octanol–water partition coefficient (Wildman–Crippen LogP) is 3.36. The first-order valence-corrected chi connectivity index (χ1v) is 13.0. The SMILES string of the molecule is N#Cc1cncc(-c2cnc(C(=O)NC(C(=O)N3CC(Cl)C4OCCC43)C3CCCCC3)s2)c1. The molecule has 4 atom stereocenters. The second-order valence-corrected chi connectivity index (χ2v) is 10.7.